The highest BCUT2D eigenvalue weighted by molar-refractivity contribution is 5.99. The highest BCUT2D eigenvalue weighted by Gasteiger charge is 2.24. The van der Waals surface area contributed by atoms with Crippen molar-refractivity contribution in [1.29, 1.82) is 0 Å². The third-order valence-electron chi connectivity index (χ3n) is 6.42. The van der Waals surface area contributed by atoms with Crippen LogP contribution in [0.5, 0.6) is 0 Å². The van der Waals surface area contributed by atoms with Crippen LogP contribution in [0.3, 0.4) is 0 Å². The minimum Gasteiger partial charge on any atom is -0.368 e. The number of rotatable bonds is 2. The van der Waals surface area contributed by atoms with Crippen LogP contribution < -0.4 is 5.32 Å². The largest absolute Gasteiger partial charge is 0.368 e. The molecule has 1 atom stereocenters. The van der Waals surface area contributed by atoms with Crippen molar-refractivity contribution in [3.63, 3.8) is 0 Å². The molecule has 0 spiro atoms. The van der Waals surface area contributed by atoms with Crippen LogP contribution in [-0.2, 0) is 11.8 Å². The molecule has 160 valence electrons. The number of amides is 1. The lowest BCUT2D eigenvalue weighted by Gasteiger charge is -2.34. The van der Waals surface area contributed by atoms with Crippen molar-refractivity contribution in [3.05, 3.63) is 71.4 Å². The Balaban J connectivity index is 1.51. The summed E-state index contributed by atoms with van der Waals surface area (Å²) >= 11 is 0. The van der Waals surface area contributed by atoms with Crippen molar-refractivity contribution in [2.75, 3.05) is 26.2 Å². The predicted molar refractivity (Wildman–Crippen MR) is 124 cm³/mol. The Kier molecular flexibility index (Phi) is 5.02. The van der Waals surface area contributed by atoms with Gasteiger partial charge in [0.15, 0.2) is 0 Å². The number of nitrogens with one attached hydrogen (secondary N) is 1. The summed E-state index contributed by atoms with van der Waals surface area (Å²) in [6.07, 6.45) is 13.2. The van der Waals surface area contributed by atoms with Gasteiger partial charge in [0.1, 0.15) is 0 Å². The van der Waals surface area contributed by atoms with Crippen LogP contribution in [0.15, 0.2) is 60.2 Å². The Hall–Kier alpha value is -3.12. The molecule has 1 unspecified atom stereocenters. The fraction of sp³-hybridized carbons (Fsp3) is 0.360. The molecule has 0 radical (unpaired) electrons. The van der Waals surface area contributed by atoms with Gasteiger partial charge in [0, 0.05) is 62.8 Å². The minimum atomic E-state index is 0.00808. The van der Waals surface area contributed by atoms with E-state index in [0.29, 0.717) is 0 Å². The third-order valence-corrected chi connectivity index (χ3v) is 6.42. The molecule has 6 heteroatoms. The smallest absolute Gasteiger partial charge is 0.255 e. The molecule has 1 N–H and O–H groups in total. The van der Waals surface area contributed by atoms with E-state index in [1.165, 1.54) is 0 Å². The van der Waals surface area contributed by atoms with Gasteiger partial charge in [-0.1, -0.05) is 13.0 Å². The molecule has 4 heterocycles. The molecule has 6 nitrogen and oxygen atoms in total. The maximum atomic E-state index is 13.4. The van der Waals surface area contributed by atoms with Gasteiger partial charge in [0.05, 0.1) is 11.2 Å². The van der Waals surface area contributed by atoms with Gasteiger partial charge in [-0.3, -0.25) is 14.4 Å². The van der Waals surface area contributed by atoms with Gasteiger partial charge in [-0.25, -0.2) is 0 Å². The molecule has 1 amide bonds. The number of allylic oxidation sites excluding steroid dienone is 4. The second-order valence-electron chi connectivity index (χ2n) is 8.73. The molecule has 1 fully saturated rings. The Morgan fingerprint density at radius 1 is 1.13 bits per heavy atom. The zero-order valence-corrected chi connectivity index (χ0v) is 18.4. The van der Waals surface area contributed by atoms with Crippen molar-refractivity contribution >= 4 is 22.4 Å². The molecule has 3 aliphatic heterocycles. The van der Waals surface area contributed by atoms with Gasteiger partial charge in [-0.15, -0.1) is 0 Å². The van der Waals surface area contributed by atoms with Crippen molar-refractivity contribution in [3.8, 4) is 0 Å². The maximum absolute atomic E-state index is 13.4. The summed E-state index contributed by atoms with van der Waals surface area (Å²) in [5.41, 5.74) is 6.40. The van der Waals surface area contributed by atoms with Crippen LogP contribution in [0.25, 0.3) is 16.5 Å². The molecule has 2 aromatic rings. The highest BCUT2D eigenvalue weighted by atomic mass is 16.2. The third kappa shape index (κ3) is 3.72. The first-order valence-corrected chi connectivity index (χ1v) is 11.0. The molecule has 0 saturated carbocycles. The normalized spacial score (nSPS) is 22.0. The zero-order chi connectivity index (χ0) is 21.5. The highest BCUT2D eigenvalue weighted by Crippen LogP contribution is 2.33. The van der Waals surface area contributed by atoms with E-state index < -0.39 is 0 Å². The fourth-order valence-corrected chi connectivity index (χ4v) is 4.70. The second kappa shape index (κ2) is 7.85. The molecule has 1 aromatic carbocycles. The number of hydrogen-bond donors (Lipinski definition) is 1. The van der Waals surface area contributed by atoms with Gasteiger partial charge in [-0.05, 0) is 60.2 Å². The Labute approximate surface area is 183 Å². The molecule has 3 aliphatic rings. The average molecular weight is 416 g/mol. The Morgan fingerprint density at radius 2 is 1.90 bits per heavy atom. The van der Waals surface area contributed by atoms with Gasteiger partial charge >= 0.3 is 0 Å². The first kappa shape index (κ1) is 19.8. The van der Waals surface area contributed by atoms with E-state index in [1.54, 1.807) is 4.90 Å². The molecule has 1 aromatic heterocycles. The van der Waals surface area contributed by atoms with Crippen molar-refractivity contribution in [2.45, 2.75) is 20.3 Å². The molecule has 5 rings (SSSR count). The van der Waals surface area contributed by atoms with Gasteiger partial charge in [0.25, 0.3) is 5.91 Å². The molecule has 31 heavy (non-hydrogen) atoms. The summed E-state index contributed by atoms with van der Waals surface area (Å²) in [6, 6.07) is 4.32. The van der Waals surface area contributed by atoms with Crippen LogP contribution in [0.1, 0.15) is 24.5 Å². The monoisotopic (exact) mass is 415 g/mol. The summed E-state index contributed by atoms with van der Waals surface area (Å²) in [7, 11) is 1.94. The van der Waals surface area contributed by atoms with E-state index in [2.05, 4.69) is 59.5 Å². The molecule has 0 bridgehead atoms. The number of hydrogen-bond acceptors (Lipinski definition) is 4. The quantitative estimate of drug-likeness (QED) is 0.818. The second-order valence-corrected chi connectivity index (χ2v) is 8.73. The van der Waals surface area contributed by atoms with Crippen LogP contribution in [0.2, 0.25) is 0 Å². The number of carbonyl (C=O) groups excluding carboxylic acids is 1. The van der Waals surface area contributed by atoms with Gasteiger partial charge < -0.3 is 10.2 Å². The number of carbonyl (C=O) groups is 1. The maximum Gasteiger partial charge on any atom is 0.255 e. The number of aryl methyl sites for hydroxylation is 2. The number of nitrogens with zero attached hydrogens (tertiary/aromatic N) is 4. The van der Waals surface area contributed by atoms with E-state index >= 15 is 0 Å². The van der Waals surface area contributed by atoms with Gasteiger partial charge in [-0.2, -0.15) is 5.10 Å². The predicted octanol–water partition coefficient (Wildman–Crippen LogP) is 3.33. The topological polar surface area (TPSA) is 53.4 Å². The first-order chi connectivity index (χ1) is 15.0. The number of fused-ring (bicyclic) bond motifs is 2. The van der Waals surface area contributed by atoms with E-state index in [1.807, 2.05) is 30.2 Å². The van der Waals surface area contributed by atoms with Crippen molar-refractivity contribution < 1.29 is 4.79 Å². The molecule has 1 saturated heterocycles. The number of aromatic nitrogens is 2. The lowest BCUT2D eigenvalue weighted by atomic mass is 9.88. The first-order valence-electron chi connectivity index (χ1n) is 11.0. The summed E-state index contributed by atoms with van der Waals surface area (Å²) < 4.78 is 1.85. The van der Waals surface area contributed by atoms with E-state index in [0.717, 1.165) is 71.6 Å². The Bertz CT molecular complexity index is 1160. The fourth-order valence-electron chi connectivity index (χ4n) is 4.70. The summed E-state index contributed by atoms with van der Waals surface area (Å²) in [5.74, 6) is 0.257. The van der Waals surface area contributed by atoms with Crippen molar-refractivity contribution in [2.24, 2.45) is 13.0 Å². The van der Waals surface area contributed by atoms with Crippen LogP contribution >= 0.6 is 0 Å². The van der Waals surface area contributed by atoms with Crippen LogP contribution in [0, 0.1) is 12.8 Å². The molecular weight excluding hydrogens is 386 g/mol. The van der Waals surface area contributed by atoms with Gasteiger partial charge in [0.2, 0.25) is 0 Å². The van der Waals surface area contributed by atoms with E-state index in [4.69, 9.17) is 0 Å². The lowest BCUT2D eigenvalue weighted by Crippen LogP contribution is -2.43. The van der Waals surface area contributed by atoms with Crippen molar-refractivity contribution in [1.82, 2.24) is 24.9 Å². The molecular formula is C25H29N5O. The lowest BCUT2D eigenvalue weighted by molar-refractivity contribution is -0.122. The summed E-state index contributed by atoms with van der Waals surface area (Å²) in [6.45, 7) is 8.15. The summed E-state index contributed by atoms with van der Waals surface area (Å²) in [5, 5.41) is 9.05. The van der Waals surface area contributed by atoms with E-state index in [9.17, 15) is 4.79 Å². The minimum absolute atomic E-state index is 0.00808. The van der Waals surface area contributed by atoms with Crippen LogP contribution in [-0.4, -0.2) is 51.7 Å². The number of piperazine rings is 1. The summed E-state index contributed by atoms with van der Waals surface area (Å²) in [4.78, 5) is 17.5. The SMILES string of the molecule is Cc1cc(C2=CC(=O)N3C=C(N4CCNCC4)C=CC3=CCC2C)cc2cn(C)nc12. The average Bonchev–Trinajstić information content (AvgIpc) is 3.16. The molecule has 0 aliphatic carbocycles. The van der Waals surface area contributed by atoms with Crippen LogP contribution in [0.4, 0.5) is 0 Å². The van der Waals surface area contributed by atoms with E-state index in [-0.39, 0.29) is 11.8 Å². The number of benzene rings is 1. The standard InChI is InChI=1S/C25H29N5O/c1-17-4-5-21-6-7-22(29-10-8-26-9-11-29)16-30(21)24(31)14-23(17)19-12-18(2)25-20(13-19)15-28(3)27-25/h5-7,12-17,26H,4,8-11H2,1-3H3. The Morgan fingerprint density at radius 3 is 2.71 bits per heavy atom. The zero-order valence-electron chi connectivity index (χ0n) is 18.4.